The van der Waals surface area contributed by atoms with Crippen LogP contribution in [0.3, 0.4) is 0 Å². The van der Waals surface area contributed by atoms with Gasteiger partial charge in [-0.3, -0.25) is 9.59 Å². The molecule has 0 aliphatic heterocycles. The molecule has 1 amide bonds. The van der Waals surface area contributed by atoms with Crippen LogP contribution in [0.5, 0.6) is 0 Å². The lowest BCUT2D eigenvalue weighted by Gasteiger charge is -2.27. The number of hydrogen-bond acceptors (Lipinski definition) is 2. The number of carbonyl (C=O) groups excluding carboxylic acids is 1. The summed E-state index contributed by atoms with van der Waals surface area (Å²) in [4.78, 5) is 23.9. The molecule has 22 heavy (non-hydrogen) atoms. The summed E-state index contributed by atoms with van der Waals surface area (Å²) >= 11 is 0. The maximum absolute atomic E-state index is 12.9. The Hall–Kier alpha value is -1.91. The van der Waals surface area contributed by atoms with Gasteiger partial charge in [0, 0.05) is 12.0 Å². The summed E-state index contributed by atoms with van der Waals surface area (Å²) in [5, 5.41) is 12.1. The SMILES string of the molecule is CCC1(C(=O)NCC(C(=O)O)c2ccc(F)cc2)CCCC1. The van der Waals surface area contributed by atoms with Gasteiger partial charge in [-0.05, 0) is 37.0 Å². The summed E-state index contributed by atoms with van der Waals surface area (Å²) in [7, 11) is 0. The third-order valence-electron chi connectivity index (χ3n) is 4.76. The van der Waals surface area contributed by atoms with Crippen molar-refractivity contribution in [2.24, 2.45) is 5.41 Å². The molecule has 4 nitrogen and oxygen atoms in total. The van der Waals surface area contributed by atoms with Crippen LogP contribution in [0.2, 0.25) is 0 Å². The van der Waals surface area contributed by atoms with Gasteiger partial charge in [0.2, 0.25) is 5.91 Å². The van der Waals surface area contributed by atoms with Gasteiger partial charge >= 0.3 is 5.97 Å². The third kappa shape index (κ3) is 3.46. The Morgan fingerprint density at radius 2 is 1.86 bits per heavy atom. The van der Waals surface area contributed by atoms with Crippen LogP contribution in [-0.2, 0) is 9.59 Å². The van der Waals surface area contributed by atoms with E-state index in [0.717, 1.165) is 32.1 Å². The Morgan fingerprint density at radius 3 is 2.36 bits per heavy atom. The second-order valence-electron chi connectivity index (χ2n) is 5.99. The molecule has 5 heteroatoms. The smallest absolute Gasteiger partial charge is 0.312 e. The van der Waals surface area contributed by atoms with Crippen molar-refractivity contribution in [1.29, 1.82) is 0 Å². The van der Waals surface area contributed by atoms with Crippen LogP contribution in [-0.4, -0.2) is 23.5 Å². The zero-order valence-electron chi connectivity index (χ0n) is 12.8. The normalized spacial score (nSPS) is 17.9. The largest absolute Gasteiger partial charge is 0.481 e. The van der Waals surface area contributed by atoms with Gasteiger partial charge in [0.15, 0.2) is 0 Å². The van der Waals surface area contributed by atoms with E-state index >= 15 is 0 Å². The van der Waals surface area contributed by atoms with Crippen molar-refractivity contribution < 1.29 is 19.1 Å². The molecule has 0 aromatic heterocycles. The number of halogens is 1. The summed E-state index contributed by atoms with van der Waals surface area (Å²) in [6, 6.07) is 5.37. The molecule has 1 unspecified atom stereocenters. The van der Waals surface area contributed by atoms with Gasteiger partial charge in [-0.15, -0.1) is 0 Å². The molecule has 0 bridgehead atoms. The lowest BCUT2D eigenvalue weighted by Crippen LogP contribution is -2.41. The molecule has 1 aliphatic carbocycles. The minimum atomic E-state index is -1.02. The Bertz CT molecular complexity index is 535. The summed E-state index contributed by atoms with van der Waals surface area (Å²) in [5.41, 5.74) is 0.150. The predicted molar refractivity (Wildman–Crippen MR) is 81.0 cm³/mol. The quantitative estimate of drug-likeness (QED) is 0.848. The number of aliphatic carboxylic acids is 1. The first-order valence-corrected chi connectivity index (χ1v) is 7.75. The van der Waals surface area contributed by atoms with Gasteiger partial charge in [0.1, 0.15) is 5.82 Å². The fourth-order valence-electron chi connectivity index (χ4n) is 3.22. The number of nitrogens with one attached hydrogen (secondary N) is 1. The van der Waals surface area contributed by atoms with E-state index in [1.54, 1.807) is 0 Å². The molecule has 2 N–H and O–H groups in total. The van der Waals surface area contributed by atoms with Crippen molar-refractivity contribution in [3.05, 3.63) is 35.6 Å². The molecule has 1 aromatic rings. The highest BCUT2D eigenvalue weighted by molar-refractivity contribution is 5.84. The van der Waals surface area contributed by atoms with Gasteiger partial charge in [0.25, 0.3) is 0 Å². The van der Waals surface area contributed by atoms with Crippen LogP contribution in [0.15, 0.2) is 24.3 Å². The summed E-state index contributed by atoms with van der Waals surface area (Å²) in [6.45, 7) is 2.03. The predicted octanol–water partition coefficient (Wildman–Crippen LogP) is 3.08. The fraction of sp³-hybridized carbons (Fsp3) is 0.529. The van der Waals surface area contributed by atoms with Crippen molar-refractivity contribution in [2.75, 3.05) is 6.54 Å². The molecule has 1 aliphatic rings. The average Bonchev–Trinajstić information content (AvgIpc) is 2.99. The van der Waals surface area contributed by atoms with E-state index in [4.69, 9.17) is 0 Å². The Morgan fingerprint density at radius 1 is 1.27 bits per heavy atom. The van der Waals surface area contributed by atoms with Crippen molar-refractivity contribution in [3.8, 4) is 0 Å². The minimum Gasteiger partial charge on any atom is -0.481 e. The first-order valence-electron chi connectivity index (χ1n) is 7.75. The standard InChI is InChI=1S/C17H22FNO3/c1-2-17(9-3-4-10-17)16(22)19-11-14(15(20)21)12-5-7-13(18)8-6-12/h5-8,14H,2-4,9-11H2,1H3,(H,19,22)(H,20,21). The van der Waals surface area contributed by atoms with Crippen LogP contribution < -0.4 is 5.32 Å². The van der Waals surface area contributed by atoms with Crippen molar-refractivity contribution >= 4 is 11.9 Å². The lowest BCUT2D eigenvalue weighted by molar-refractivity contribution is -0.139. The topological polar surface area (TPSA) is 66.4 Å². The van der Waals surface area contributed by atoms with Gasteiger partial charge in [-0.25, -0.2) is 4.39 Å². The van der Waals surface area contributed by atoms with Gasteiger partial charge < -0.3 is 10.4 Å². The summed E-state index contributed by atoms with van der Waals surface area (Å²) in [6.07, 6.45) is 4.59. The van der Waals surface area contributed by atoms with Gasteiger partial charge in [-0.1, -0.05) is 31.9 Å². The second kappa shape index (κ2) is 6.90. The van der Waals surface area contributed by atoms with E-state index in [-0.39, 0.29) is 17.9 Å². The van der Waals surface area contributed by atoms with E-state index in [2.05, 4.69) is 5.32 Å². The minimum absolute atomic E-state index is 0.0293. The number of carboxylic acids is 1. The molecule has 0 heterocycles. The van der Waals surface area contributed by atoms with Crippen LogP contribution in [0.25, 0.3) is 0 Å². The summed E-state index contributed by atoms with van der Waals surface area (Å²) in [5.74, 6) is -2.35. The summed E-state index contributed by atoms with van der Waals surface area (Å²) < 4.78 is 12.9. The molecular weight excluding hydrogens is 285 g/mol. The van der Waals surface area contributed by atoms with Crippen LogP contribution in [0, 0.1) is 11.2 Å². The van der Waals surface area contributed by atoms with Crippen LogP contribution in [0.1, 0.15) is 50.5 Å². The lowest BCUT2D eigenvalue weighted by atomic mass is 9.82. The van der Waals surface area contributed by atoms with E-state index in [1.807, 2.05) is 6.92 Å². The highest BCUT2D eigenvalue weighted by Crippen LogP contribution is 2.41. The fourth-order valence-corrected chi connectivity index (χ4v) is 3.22. The number of carbonyl (C=O) groups is 2. The number of benzene rings is 1. The molecular formula is C17H22FNO3. The monoisotopic (exact) mass is 307 g/mol. The molecule has 1 atom stereocenters. The molecule has 1 fully saturated rings. The molecule has 0 spiro atoms. The molecule has 1 aromatic carbocycles. The maximum Gasteiger partial charge on any atom is 0.312 e. The van der Waals surface area contributed by atoms with Crippen molar-refractivity contribution in [3.63, 3.8) is 0 Å². The van der Waals surface area contributed by atoms with Crippen LogP contribution in [0.4, 0.5) is 4.39 Å². The molecule has 120 valence electrons. The molecule has 0 radical (unpaired) electrons. The van der Waals surface area contributed by atoms with Gasteiger partial charge in [-0.2, -0.15) is 0 Å². The number of rotatable bonds is 6. The van der Waals surface area contributed by atoms with E-state index in [9.17, 15) is 19.1 Å². The zero-order chi connectivity index (χ0) is 16.2. The maximum atomic E-state index is 12.9. The van der Waals surface area contributed by atoms with Crippen LogP contribution >= 0.6 is 0 Å². The zero-order valence-corrected chi connectivity index (χ0v) is 12.8. The molecule has 0 saturated heterocycles. The van der Waals surface area contributed by atoms with E-state index in [0.29, 0.717) is 5.56 Å². The first kappa shape index (κ1) is 16.5. The highest BCUT2D eigenvalue weighted by Gasteiger charge is 2.39. The second-order valence-corrected chi connectivity index (χ2v) is 5.99. The Balaban J connectivity index is 2.04. The molecule has 1 saturated carbocycles. The van der Waals surface area contributed by atoms with Crippen molar-refractivity contribution in [1.82, 2.24) is 5.32 Å². The van der Waals surface area contributed by atoms with Crippen molar-refractivity contribution in [2.45, 2.75) is 44.9 Å². The number of carboxylic acid groups (broad SMARTS) is 1. The highest BCUT2D eigenvalue weighted by atomic mass is 19.1. The Kier molecular flexibility index (Phi) is 5.16. The average molecular weight is 307 g/mol. The first-order chi connectivity index (χ1) is 10.5. The molecule has 2 rings (SSSR count). The number of hydrogen-bond donors (Lipinski definition) is 2. The Labute approximate surface area is 129 Å². The third-order valence-corrected chi connectivity index (χ3v) is 4.76. The van der Waals surface area contributed by atoms with Gasteiger partial charge in [0.05, 0.1) is 5.92 Å². The van der Waals surface area contributed by atoms with E-state index < -0.39 is 17.7 Å². The van der Waals surface area contributed by atoms with E-state index in [1.165, 1.54) is 24.3 Å². The number of amides is 1.